The Morgan fingerprint density at radius 1 is 0.905 bits per heavy atom. The van der Waals surface area contributed by atoms with Crippen molar-refractivity contribution in [2.75, 3.05) is 0 Å². The van der Waals surface area contributed by atoms with Crippen LogP contribution in [0.3, 0.4) is 0 Å². The van der Waals surface area contributed by atoms with Crippen molar-refractivity contribution in [2.24, 2.45) is 0 Å². The summed E-state index contributed by atoms with van der Waals surface area (Å²) < 4.78 is 0.972. The average molecular weight is 343 g/mol. The van der Waals surface area contributed by atoms with Crippen molar-refractivity contribution in [3.8, 4) is 0 Å². The first kappa shape index (κ1) is 14.2. The molecule has 0 atom stereocenters. The van der Waals surface area contributed by atoms with Crippen LogP contribution in [0.25, 0.3) is 0 Å². The van der Waals surface area contributed by atoms with Crippen LogP contribution in [-0.2, 0) is 0 Å². The third kappa shape index (κ3) is 1.99. The lowest BCUT2D eigenvalue weighted by Crippen LogP contribution is -2.16. The van der Waals surface area contributed by atoms with E-state index in [1.807, 2.05) is 26.8 Å². The number of Topliss-reactive ketones (excluding diaryl/α,β-unsaturated/α-hetero) is 2. The first-order valence-corrected chi connectivity index (χ1v) is 7.66. The van der Waals surface area contributed by atoms with E-state index >= 15 is 0 Å². The Hall–Kier alpha value is -1.74. The van der Waals surface area contributed by atoms with Crippen LogP contribution in [0.4, 0.5) is 0 Å². The predicted molar refractivity (Wildman–Crippen MR) is 86.2 cm³/mol. The van der Waals surface area contributed by atoms with E-state index in [1.165, 1.54) is 0 Å². The number of rotatable bonds is 1. The smallest absolute Gasteiger partial charge is 0.178 e. The topological polar surface area (TPSA) is 34.1 Å². The summed E-state index contributed by atoms with van der Waals surface area (Å²) in [6.07, 6.45) is 0. The number of carbonyl (C=O) groups excluding carboxylic acids is 2. The van der Waals surface area contributed by atoms with Gasteiger partial charge in [-0.05, 0) is 43.0 Å². The van der Waals surface area contributed by atoms with Gasteiger partial charge in [0.05, 0.1) is 0 Å². The number of ketones is 2. The summed E-state index contributed by atoms with van der Waals surface area (Å²) in [5.74, 6) is -0.866. The summed E-state index contributed by atoms with van der Waals surface area (Å²) in [6.45, 7) is 5.94. The molecule has 0 radical (unpaired) electrons. The van der Waals surface area contributed by atoms with E-state index in [0.29, 0.717) is 11.1 Å². The average Bonchev–Trinajstić information content (AvgIpc) is 2.71. The van der Waals surface area contributed by atoms with Gasteiger partial charge in [-0.15, -0.1) is 0 Å². The molecule has 0 saturated carbocycles. The highest BCUT2D eigenvalue weighted by molar-refractivity contribution is 9.10. The molecule has 2 aromatic rings. The Balaban J connectivity index is 2.23. The molecule has 0 amide bonds. The van der Waals surface area contributed by atoms with E-state index in [9.17, 15) is 9.59 Å². The number of halogens is 1. The molecular weight excluding hydrogens is 328 g/mol. The third-order valence-corrected chi connectivity index (χ3v) is 5.43. The van der Waals surface area contributed by atoms with Gasteiger partial charge in [0.15, 0.2) is 11.6 Å². The van der Waals surface area contributed by atoms with Gasteiger partial charge in [-0.2, -0.15) is 0 Å². The Morgan fingerprint density at radius 2 is 1.43 bits per heavy atom. The SMILES string of the molecule is Cc1cc(C)c(C2C(=O)c3ccccc3C2=O)c(C)c1Br. The molecule has 3 rings (SSSR count). The number of aryl methyl sites for hydroxylation is 2. The Labute approximate surface area is 132 Å². The lowest BCUT2D eigenvalue weighted by atomic mass is 9.86. The minimum absolute atomic E-state index is 0.0856. The molecule has 0 spiro atoms. The van der Waals surface area contributed by atoms with Gasteiger partial charge in [0.2, 0.25) is 0 Å². The van der Waals surface area contributed by atoms with Gasteiger partial charge in [-0.3, -0.25) is 9.59 Å². The van der Waals surface area contributed by atoms with Gasteiger partial charge >= 0.3 is 0 Å². The van der Waals surface area contributed by atoms with Crippen molar-refractivity contribution in [3.63, 3.8) is 0 Å². The molecule has 1 aliphatic carbocycles. The van der Waals surface area contributed by atoms with Crippen LogP contribution >= 0.6 is 15.9 Å². The minimum atomic E-state index is -0.695. The molecule has 0 aromatic heterocycles. The second-order valence-electron chi connectivity index (χ2n) is 5.57. The second kappa shape index (κ2) is 4.92. The molecule has 0 fully saturated rings. The molecule has 0 unspecified atom stereocenters. The summed E-state index contributed by atoms with van der Waals surface area (Å²) in [4.78, 5) is 25.3. The van der Waals surface area contributed by atoms with Crippen LogP contribution < -0.4 is 0 Å². The standard InChI is InChI=1S/C18H15BrO2/c1-9-8-10(2)16(19)11(3)14(9)15-17(20)12-6-4-5-7-13(12)18(15)21/h4-8,15H,1-3H3. The highest BCUT2D eigenvalue weighted by Crippen LogP contribution is 2.39. The molecule has 0 bridgehead atoms. The maximum atomic E-state index is 12.7. The molecule has 0 heterocycles. The van der Waals surface area contributed by atoms with Crippen molar-refractivity contribution in [2.45, 2.75) is 26.7 Å². The fourth-order valence-electron chi connectivity index (χ4n) is 3.22. The first-order valence-electron chi connectivity index (χ1n) is 6.87. The molecular formula is C18H15BrO2. The zero-order valence-electron chi connectivity index (χ0n) is 12.2. The van der Waals surface area contributed by atoms with Gasteiger partial charge in [0.1, 0.15) is 5.92 Å². The number of hydrogen-bond donors (Lipinski definition) is 0. The Kier molecular flexibility index (Phi) is 3.33. The van der Waals surface area contributed by atoms with E-state index < -0.39 is 5.92 Å². The van der Waals surface area contributed by atoms with Crippen LogP contribution in [0.2, 0.25) is 0 Å². The van der Waals surface area contributed by atoms with E-state index in [0.717, 1.165) is 26.7 Å². The Bertz CT molecular complexity index is 755. The first-order chi connectivity index (χ1) is 9.93. The van der Waals surface area contributed by atoms with Crippen molar-refractivity contribution < 1.29 is 9.59 Å². The maximum Gasteiger partial charge on any atom is 0.178 e. The summed E-state index contributed by atoms with van der Waals surface area (Å²) in [5, 5.41) is 0. The number of hydrogen-bond acceptors (Lipinski definition) is 2. The maximum absolute atomic E-state index is 12.7. The summed E-state index contributed by atoms with van der Waals surface area (Å²) in [7, 11) is 0. The van der Waals surface area contributed by atoms with Gasteiger partial charge in [0, 0.05) is 15.6 Å². The Morgan fingerprint density at radius 3 is 1.95 bits per heavy atom. The largest absolute Gasteiger partial charge is 0.293 e. The van der Waals surface area contributed by atoms with Crippen molar-refractivity contribution in [1.29, 1.82) is 0 Å². The van der Waals surface area contributed by atoms with Gasteiger partial charge in [-0.1, -0.05) is 46.3 Å². The molecule has 3 heteroatoms. The molecule has 0 saturated heterocycles. The highest BCUT2D eigenvalue weighted by Gasteiger charge is 2.40. The van der Waals surface area contributed by atoms with Crippen LogP contribution in [0.15, 0.2) is 34.8 Å². The highest BCUT2D eigenvalue weighted by atomic mass is 79.9. The molecule has 21 heavy (non-hydrogen) atoms. The van der Waals surface area contributed by atoms with E-state index in [-0.39, 0.29) is 11.6 Å². The van der Waals surface area contributed by atoms with Crippen LogP contribution in [0.5, 0.6) is 0 Å². The van der Waals surface area contributed by atoms with E-state index in [2.05, 4.69) is 15.9 Å². The van der Waals surface area contributed by atoms with Crippen LogP contribution in [0, 0.1) is 20.8 Å². The molecule has 106 valence electrons. The molecule has 0 N–H and O–H groups in total. The fraction of sp³-hybridized carbons (Fsp3) is 0.222. The lowest BCUT2D eigenvalue weighted by molar-refractivity contribution is 0.0889. The van der Waals surface area contributed by atoms with E-state index in [4.69, 9.17) is 0 Å². The molecule has 0 aliphatic heterocycles. The number of benzene rings is 2. The van der Waals surface area contributed by atoms with Gasteiger partial charge in [-0.25, -0.2) is 0 Å². The molecule has 1 aliphatic rings. The third-order valence-electron chi connectivity index (χ3n) is 4.21. The number of carbonyl (C=O) groups is 2. The van der Waals surface area contributed by atoms with Crippen molar-refractivity contribution in [3.05, 3.63) is 68.2 Å². The zero-order chi connectivity index (χ0) is 15.3. The molecule has 2 aromatic carbocycles. The second-order valence-corrected chi connectivity index (χ2v) is 6.36. The van der Waals surface area contributed by atoms with Crippen molar-refractivity contribution in [1.82, 2.24) is 0 Å². The monoisotopic (exact) mass is 342 g/mol. The minimum Gasteiger partial charge on any atom is -0.293 e. The fourth-order valence-corrected chi connectivity index (χ4v) is 3.55. The van der Waals surface area contributed by atoms with E-state index in [1.54, 1.807) is 24.3 Å². The zero-order valence-corrected chi connectivity index (χ0v) is 13.7. The number of fused-ring (bicyclic) bond motifs is 1. The van der Waals surface area contributed by atoms with Gasteiger partial charge in [0.25, 0.3) is 0 Å². The van der Waals surface area contributed by atoms with Crippen LogP contribution in [0.1, 0.15) is 48.9 Å². The molecule has 2 nitrogen and oxygen atoms in total. The van der Waals surface area contributed by atoms with Gasteiger partial charge < -0.3 is 0 Å². The van der Waals surface area contributed by atoms with Crippen molar-refractivity contribution >= 4 is 27.5 Å². The quantitative estimate of drug-likeness (QED) is 0.713. The summed E-state index contributed by atoms with van der Waals surface area (Å²) in [5.41, 5.74) is 5.02. The normalized spacial score (nSPS) is 14.7. The summed E-state index contributed by atoms with van der Waals surface area (Å²) >= 11 is 3.56. The van der Waals surface area contributed by atoms with Crippen LogP contribution in [-0.4, -0.2) is 11.6 Å². The predicted octanol–water partition coefficient (Wildman–Crippen LogP) is 4.54. The summed E-state index contributed by atoms with van der Waals surface area (Å²) in [6, 6.07) is 9.11. The lowest BCUT2D eigenvalue weighted by Gasteiger charge is -2.17.